The zero-order valence-electron chi connectivity index (χ0n) is 14.9. The molecule has 0 saturated carbocycles. The lowest BCUT2D eigenvalue weighted by molar-refractivity contribution is 0.255. The summed E-state index contributed by atoms with van der Waals surface area (Å²) < 4.78 is 41.8. The molecule has 1 saturated heterocycles. The summed E-state index contributed by atoms with van der Waals surface area (Å²) in [5, 5.41) is 0. The van der Waals surface area contributed by atoms with Gasteiger partial charge in [-0.1, -0.05) is 24.3 Å². The number of nitrogens with one attached hydrogen (secondary N) is 1. The number of anilines is 1. The SMILES string of the molecule is O=S(=O)(NCCCN1CCN(c2ccccc2F)CC1)c1ccccc1Br. The van der Waals surface area contributed by atoms with Crippen LogP contribution in [0.2, 0.25) is 0 Å². The van der Waals surface area contributed by atoms with Gasteiger partial charge in [0.05, 0.1) is 10.6 Å². The van der Waals surface area contributed by atoms with Crippen LogP contribution in [0.4, 0.5) is 10.1 Å². The van der Waals surface area contributed by atoms with Crippen LogP contribution in [0.1, 0.15) is 6.42 Å². The highest BCUT2D eigenvalue weighted by atomic mass is 79.9. The van der Waals surface area contributed by atoms with Crippen molar-refractivity contribution in [2.24, 2.45) is 0 Å². The molecule has 0 atom stereocenters. The van der Waals surface area contributed by atoms with Gasteiger partial charge < -0.3 is 4.90 Å². The van der Waals surface area contributed by atoms with Gasteiger partial charge in [0, 0.05) is 37.2 Å². The van der Waals surface area contributed by atoms with Crippen molar-refractivity contribution in [3.8, 4) is 0 Å². The van der Waals surface area contributed by atoms with Crippen LogP contribution in [0.15, 0.2) is 57.9 Å². The Morgan fingerprint density at radius 2 is 1.67 bits per heavy atom. The fourth-order valence-electron chi connectivity index (χ4n) is 3.17. The Labute approximate surface area is 168 Å². The standard InChI is InChI=1S/C19H23BrFN3O2S/c20-16-6-1-4-9-19(16)27(25,26)22-10-5-11-23-12-14-24(15-13-23)18-8-3-2-7-17(18)21/h1-4,6-9,22H,5,10-15H2. The molecule has 27 heavy (non-hydrogen) atoms. The quantitative estimate of drug-likeness (QED) is 0.651. The molecule has 1 aliphatic rings. The summed E-state index contributed by atoms with van der Waals surface area (Å²) in [6.07, 6.45) is 0.726. The molecule has 0 spiro atoms. The van der Waals surface area contributed by atoms with E-state index >= 15 is 0 Å². The van der Waals surface area contributed by atoms with Gasteiger partial charge in [-0.3, -0.25) is 4.90 Å². The van der Waals surface area contributed by atoms with Crippen molar-refractivity contribution >= 4 is 31.6 Å². The number of para-hydroxylation sites is 1. The van der Waals surface area contributed by atoms with E-state index < -0.39 is 10.0 Å². The molecule has 2 aromatic rings. The van der Waals surface area contributed by atoms with Gasteiger partial charge in [-0.15, -0.1) is 0 Å². The van der Waals surface area contributed by atoms with Crippen molar-refractivity contribution in [1.29, 1.82) is 0 Å². The van der Waals surface area contributed by atoms with Crippen LogP contribution in [-0.2, 0) is 10.0 Å². The van der Waals surface area contributed by atoms with Crippen molar-refractivity contribution in [2.75, 3.05) is 44.2 Å². The lowest BCUT2D eigenvalue weighted by atomic mass is 10.2. The highest BCUT2D eigenvalue weighted by Gasteiger charge is 2.20. The Morgan fingerprint density at radius 3 is 2.37 bits per heavy atom. The summed E-state index contributed by atoms with van der Waals surface area (Å²) in [6.45, 7) is 4.41. The summed E-state index contributed by atoms with van der Waals surface area (Å²) in [6, 6.07) is 13.6. The molecule has 1 heterocycles. The van der Waals surface area contributed by atoms with E-state index in [4.69, 9.17) is 0 Å². The van der Waals surface area contributed by atoms with Gasteiger partial charge in [0.25, 0.3) is 0 Å². The largest absolute Gasteiger partial charge is 0.367 e. The molecule has 1 N–H and O–H groups in total. The van der Waals surface area contributed by atoms with E-state index in [0.29, 0.717) is 16.7 Å². The van der Waals surface area contributed by atoms with Gasteiger partial charge in [-0.25, -0.2) is 17.5 Å². The minimum absolute atomic E-state index is 0.188. The first-order valence-electron chi connectivity index (χ1n) is 8.93. The summed E-state index contributed by atoms with van der Waals surface area (Å²) in [5.41, 5.74) is 0.651. The molecule has 1 aliphatic heterocycles. The van der Waals surface area contributed by atoms with Crippen LogP contribution in [0.3, 0.4) is 0 Å². The molecule has 0 aromatic heterocycles. The Morgan fingerprint density at radius 1 is 1.00 bits per heavy atom. The van der Waals surface area contributed by atoms with E-state index in [9.17, 15) is 12.8 Å². The summed E-state index contributed by atoms with van der Waals surface area (Å²) in [4.78, 5) is 4.59. The van der Waals surface area contributed by atoms with Gasteiger partial charge in [0.1, 0.15) is 5.82 Å². The van der Waals surface area contributed by atoms with E-state index in [0.717, 1.165) is 39.1 Å². The summed E-state index contributed by atoms with van der Waals surface area (Å²) in [5.74, 6) is -0.188. The molecule has 0 aliphatic carbocycles. The van der Waals surface area contributed by atoms with Crippen LogP contribution >= 0.6 is 15.9 Å². The molecule has 2 aromatic carbocycles. The molecule has 0 bridgehead atoms. The van der Waals surface area contributed by atoms with Crippen molar-refractivity contribution in [1.82, 2.24) is 9.62 Å². The number of sulfonamides is 1. The van der Waals surface area contributed by atoms with Crippen molar-refractivity contribution in [3.05, 3.63) is 58.8 Å². The molecule has 0 radical (unpaired) electrons. The molecule has 1 fully saturated rings. The number of hydrogen-bond donors (Lipinski definition) is 1. The van der Waals surface area contributed by atoms with Crippen LogP contribution in [0, 0.1) is 5.82 Å². The fraction of sp³-hybridized carbons (Fsp3) is 0.368. The molecule has 5 nitrogen and oxygen atoms in total. The molecule has 0 unspecified atom stereocenters. The monoisotopic (exact) mass is 455 g/mol. The molecular weight excluding hydrogens is 433 g/mol. The second-order valence-corrected chi connectivity index (χ2v) is 9.05. The van der Waals surface area contributed by atoms with E-state index in [2.05, 4.69) is 30.5 Å². The van der Waals surface area contributed by atoms with Crippen LogP contribution in [0.25, 0.3) is 0 Å². The minimum atomic E-state index is -3.51. The smallest absolute Gasteiger partial charge is 0.241 e. The lowest BCUT2D eigenvalue weighted by Gasteiger charge is -2.36. The van der Waals surface area contributed by atoms with Gasteiger partial charge in [0.2, 0.25) is 10.0 Å². The number of nitrogens with zero attached hydrogens (tertiary/aromatic N) is 2. The van der Waals surface area contributed by atoms with Crippen molar-refractivity contribution in [2.45, 2.75) is 11.3 Å². The zero-order valence-corrected chi connectivity index (χ0v) is 17.3. The predicted molar refractivity (Wildman–Crippen MR) is 109 cm³/mol. The molecular formula is C19H23BrFN3O2S. The maximum atomic E-state index is 13.9. The molecule has 8 heteroatoms. The topological polar surface area (TPSA) is 52.7 Å². The van der Waals surface area contributed by atoms with Gasteiger partial charge in [-0.05, 0) is 53.2 Å². The lowest BCUT2D eigenvalue weighted by Crippen LogP contribution is -2.47. The second kappa shape index (κ2) is 9.14. The highest BCUT2D eigenvalue weighted by molar-refractivity contribution is 9.10. The van der Waals surface area contributed by atoms with Gasteiger partial charge in [0.15, 0.2) is 0 Å². The maximum Gasteiger partial charge on any atom is 0.241 e. The Balaban J connectivity index is 1.42. The predicted octanol–water partition coefficient (Wildman–Crippen LogP) is 3.08. The number of benzene rings is 2. The van der Waals surface area contributed by atoms with Crippen LogP contribution in [-0.4, -0.2) is 52.6 Å². The van der Waals surface area contributed by atoms with Crippen LogP contribution < -0.4 is 9.62 Å². The van der Waals surface area contributed by atoms with E-state index in [1.807, 2.05) is 12.1 Å². The normalized spacial score (nSPS) is 15.9. The average Bonchev–Trinajstić information content (AvgIpc) is 2.66. The number of halogens is 2. The first-order valence-corrected chi connectivity index (χ1v) is 11.2. The Kier molecular flexibility index (Phi) is 6.86. The Bertz CT molecular complexity index is 871. The summed E-state index contributed by atoms with van der Waals surface area (Å²) in [7, 11) is -3.51. The summed E-state index contributed by atoms with van der Waals surface area (Å²) >= 11 is 3.27. The van der Waals surface area contributed by atoms with Gasteiger partial charge >= 0.3 is 0 Å². The third-order valence-electron chi connectivity index (χ3n) is 4.63. The Hall–Kier alpha value is -1.48. The first kappa shape index (κ1) is 20.3. The third-order valence-corrected chi connectivity index (χ3v) is 7.11. The van der Waals surface area contributed by atoms with E-state index in [1.54, 1.807) is 30.3 Å². The molecule has 146 valence electrons. The van der Waals surface area contributed by atoms with Gasteiger partial charge in [-0.2, -0.15) is 0 Å². The minimum Gasteiger partial charge on any atom is -0.367 e. The molecule has 3 rings (SSSR count). The van der Waals surface area contributed by atoms with E-state index in [-0.39, 0.29) is 10.7 Å². The first-order chi connectivity index (χ1) is 13.0. The zero-order chi connectivity index (χ0) is 19.3. The number of piperazine rings is 1. The average molecular weight is 456 g/mol. The third kappa shape index (κ3) is 5.28. The second-order valence-electron chi connectivity index (χ2n) is 6.46. The number of hydrogen-bond acceptors (Lipinski definition) is 4. The van der Waals surface area contributed by atoms with Crippen molar-refractivity contribution in [3.63, 3.8) is 0 Å². The van der Waals surface area contributed by atoms with E-state index in [1.165, 1.54) is 6.07 Å². The fourth-order valence-corrected chi connectivity index (χ4v) is 5.25. The number of rotatable bonds is 7. The highest BCUT2D eigenvalue weighted by Crippen LogP contribution is 2.21. The maximum absolute atomic E-state index is 13.9. The van der Waals surface area contributed by atoms with Crippen molar-refractivity contribution < 1.29 is 12.8 Å². The van der Waals surface area contributed by atoms with Crippen LogP contribution in [0.5, 0.6) is 0 Å². The molecule has 0 amide bonds.